The predicted octanol–water partition coefficient (Wildman–Crippen LogP) is 2.38. The summed E-state index contributed by atoms with van der Waals surface area (Å²) in [5.74, 6) is 2.70. The van der Waals surface area contributed by atoms with Crippen LogP contribution in [0.2, 0.25) is 0 Å². The number of hydrogen-bond acceptors (Lipinski definition) is 2. The van der Waals surface area contributed by atoms with E-state index in [-0.39, 0.29) is 11.6 Å². The van der Waals surface area contributed by atoms with Gasteiger partial charge in [-0.25, -0.2) is 0 Å². The third-order valence-corrected chi connectivity index (χ3v) is 4.14. The lowest BCUT2D eigenvalue weighted by Crippen LogP contribution is -2.58. The molecule has 0 aromatic rings. The molecule has 2 heteroatoms. The summed E-state index contributed by atoms with van der Waals surface area (Å²) < 4.78 is 0. The van der Waals surface area contributed by atoms with E-state index >= 15 is 0 Å². The third-order valence-electron chi connectivity index (χ3n) is 4.14. The van der Waals surface area contributed by atoms with Gasteiger partial charge in [0.05, 0.1) is 0 Å². The Morgan fingerprint density at radius 2 is 1.94 bits per heavy atom. The van der Waals surface area contributed by atoms with Crippen LogP contribution in [0.1, 0.15) is 51.4 Å². The van der Waals surface area contributed by atoms with Crippen molar-refractivity contribution in [1.29, 1.82) is 0 Å². The van der Waals surface area contributed by atoms with Gasteiger partial charge in [-0.1, -0.05) is 19.3 Å². The van der Waals surface area contributed by atoms with Crippen molar-refractivity contribution in [2.45, 2.75) is 62.9 Å². The zero-order valence-electron chi connectivity index (χ0n) is 10.8. The molecule has 0 aromatic carbocycles. The van der Waals surface area contributed by atoms with E-state index in [2.05, 4.69) is 24.9 Å². The topological polar surface area (TPSA) is 29.3 Å². The van der Waals surface area contributed by atoms with Crippen molar-refractivity contribution in [3.63, 3.8) is 0 Å². The van der Waals surface area contributed by atoms with Crippen LogP contribution in [-0.2, 0) is 0 Å². The van der Waals surface area contributed by atoms with Gasteiger partial charge in [-0.3, -0.25) is 0 Å². The molecule has 92 valence electrons. The van der Waals surface area contributed by atoms with E-state index in [4.69, 9.17) is 12.2 Å². The van der Waals surface area contributed by atoms with Gasteiger partial charge < -0.3 is 10.6 Å². The lowest BCUT2D eigenvalue weighted by atomic mass is 9.74. The number of nitrogens with zero attached hydrogens (tertiary/aromatic N) is 1. The maximum atomic E-state index is 6.41. The first-order valence-corrected chi connectivity index (χ1v) is 6.50. The average molecular weight is 222 g/mol. The summed E-state index contributed by atoms with van der Waals surface area (Å²) in [6, 6.07) is 0.274. The molecule has 0 amide bonds. The molecular formula is C14H26N2. The van der Waals surface area contributed by atoms with E-state index in [1.807, 2.05) is 0 Å². The number of hydrogen-bond donors (Lipinski definition) is 1. The van der Waals surface area contributed by atoms with E-state index in [9.17, 15) is 0 Å². The molecule has 2 nitrogen and oxygen atoms in total. The molecule has 1 unspecified atom stereocenters. The number of rotatable bonds is 5. The molecule has 1 aliphatic carbocycles. The van der Waals surface area contributed by atoms with Crippen LogP contribution >= 0.6 is 0 Å². The molecule has 0 bridgehead atoms. The Morgan fingerprint density at radius 3 is 2.44 bits per heavy atom. The smallest absolute Gasteiger partial charge is 0.0354 e. The lowest BCUT2D eigenvalue weighted by molar-refractivity contribution is 0.0679. The molecule has 2 N–H and O–H groups in total. The highest BCUT2D eigenvalue weighted by atomic mass is 15.2. The molecule has 16 heavy (non-hydrogen) atoms. The van der Waals surface area contributed by atoms with E-state index in [1.54, 1.807) is 0 Å². The first-order chi connectivity index (χ1) is 7.63. The number of terminal acetylenes is 1. The van der Waals surface area contributed by atoms with Crippen LogP contribution < -0.4 is 5.73 Å². The highest BCUT2D eigenvalue weighted by Crippen LogP contribution is 2.35. The fourth-order valence-electron chi connectivity index (χ4n) is 3.01. The third kappa shape index (κ3) is 2.99. The maximum Gasteiger partial charge on any atom is 0.0354 e. The molecule has 1 rings (SSSR count). The second-order valence-electron chi connectivity index (χ2n) is 5.26. The van der Waals surface area contributed by atoms with Crippen LogP contribution in [0.5, 0.6) is 0 Å². The van der Waals surface area contributed by atoms with Crippen LogP contribution in [0.3, 0.4) is 0 Å². The largest absolute Gasteiger partial charge is 0.326 e. The number of unbranched alkanes of at least 4 members (excludes halogenated alkanes) is 1. The Kier molecular flexibility index (Phi) is 5.31. The molecule has 1 fully saturated rings. The minimum atomic E-state index is 0.229. The minimum absolute atomic E-state index is 0.229. The first kappa shape index (κ1) is 13.5. The van der Waals surface area contributed by atoms with Crippen molar-refractivity contribution in [3.8, 4) is 12.3 Å². The average Bonchev–Trinajstić information content (AvgIpc) is 2.30. The van der Waals surface area contributed by atoms with E-state index in [0.717, 1.165) is 19.3 Å². The van der Waals surface area contributed by atoms with Crippen molar-refractivity contribution < 1.29 is 0 Å². The monoisotopic (exact) mass is 222 g/mol. The van der Waals surface area contributed by atoms with E-state index in [0.29, 0.717) is 0 Å². The quantitative estimate of drug-likeness (QED) is 0.571. The van der Waals surface area contributed by atoms with Crippen LogP contribution in [0.4, 0.5) is 0 Å². The van der Waals surface area contributed by atoms with Gasteiger partial charge in [-0.15, -0.1) is 12.3 Å². The fourth-order valence-corrected chi connectivity index (χ4v) is 3.01. The van der Waals surface area contributed by atoms with Crippen molar-refractivity contribution >= 4 is 0 Å². The van der Waals surface area contributed by atoms with Crippen molar-refractivity contribution in [1.82, 2.24) is 4.90 Å². The SMILES string of the molecule is C#CCCCC(N)C1(N(C)C)CCCCC1. The number of likely N-dealkylation sites (N-methyl/N-ethyl adjacent to an activating group) is 1. The fraction of sp³-hybridized carbons (Fsp3) is 0.857. The Morgan fingerprint density at radius 1 is 1.31 bits per heavy atom. The van der Waals surface area contributed by atoms with Crippen molar-refractivity contribution in [2.75, 3.05) is 14.1 Å². The summed E-state index contributed by atoms with van der Waals surface area (Å²) in [6.07, 6.45) is 14.8. The van der Waals surface area contributed by atoms with Gasteiger partial charge in [-0.05, 0) is 39.8 Å². The Bertz CT molecular complexity index is 234. The standard InChI is InChI=1S/C14H26N2/c1-4-5-7-10-13(15)14(16(2)3)11-8-6-9-12-14/h1,13H,5-12,15H2,2-3H3. The first-order valence-electron chi connectivity index (χ1n) is 6.50. The van der Waals surface area contributed by atoms with Crippen LogP contribution in [0, 0.1) is 12.3 Å². The van der Waals surface area contributed by atoms with Gasteiger partial charge in [0.15, 0.2) is 0 Å². The minimum Gasteiger partial charge on any atom is -0.326 e. The second kappa shape index (κ2) is 6.27. The van der Waals surface area contributed by atoms with Crippen molar-refractivity contribution in [2.24, 2.45) is 5.73 Å². The summed E-state index contributed by atoms with van der Waals surface area (Å²) >= 11 is 0. The van der Waals surface area contributed by atoms with E-state index in [1.165, 1.54) is 32.1 Å². The summed E-state index contributed by atoms with van der Waals surface area (Å²) in [7, 11) is 4.35. The van der Waals surface area contributed by atoms with Gasteiger partial charge >= 0.3 is 0 Å². The Labute approximate surface area is 101 Å². The molecule has 0 aliphatic heterocycles. The number of nitrogens with two attached hydrogens (primary N) is 1. The molecular weight excluding hydrogens is 196 g/mol. The molecule has 0 saturated heterocycles. The van der Waals surface area contributed by atoms with Crippen LogP contribution in [0.15, 0.2) is 0 Å². The summed E-state index contributed by atoms with van der Waals surface area (Å²) in [6.45, 7) is 0. The maximum absolute atomic E-state index is 6.41. The molecule has 1 saturated carbocycles. The summed E-state index contributed by atoms with van der Waals surface area (Å²) in [4.78, 5) is 2.35. The summed E-state index contributed by atoms with van der Waals surface area (Å²) in [5, 5.41) is 0. The van der Waals surface area contributed by atoms with Crippen molar-refractivity contribution in [3.05, 3.63) is 0 Å². The molecule has 1 atom stereocenters. The van der Waals surface area contributed by atoms with E-state index < -0.39 is 0 Å². The highest BCUT2D eigenvalue weighted by molar-refractivity contribution is 4.99. The van der Waals surface area contributed by atoms with Gasteiger partial charge in [0, 0.05) is 18.0 Å². The second-order valence-corrected chi connectivity index (χ2v) is 5.26. The normalized spacial score (nSPS) is 21.7. The zero-order valence-corrected chi connectivity index (χ0v) is 10.8. The predicted molar refractivity (Wildman–Crippen MR) is 70.2 cm³/mol. The van der Waals surface area contributed by atoms with Gasteiger partial charge in [-0.2, -0.15) is 0 Å². The molecule has 1 aliphatic rings. The summed E-state index contributed by atoms with van der Waals surface area (Å²) in [5.41, 5.74) is 6.64. The zero-order chi connectivity index (χ0) is 12.0. The Balaban J connectivity index is 2.58. The van der Waals surface area contributed by atoms with Crippen LogP contribution in [0.25, 0.3) is 0 Å². The van der Waals surface area contributed by atoms with Gasteiger partial charge in [0.1, 0.15) is 0 Å². The van der Waals surface area contributed by atoms with Gasteiger partial charge in [0.2, 0.25) is 0 Å². The molecule has 0 aromatic heterocycles. The molecule has 0 heterocycles. The van der Waals surface area contributed by atoms with Crippen LogP contribution in [-0.4, -0.2) is 30.6 Å². The highest BCUT2D eigenvalue weighted by Gasteiger charge is 2.39. The molecule has 0 spiro atoms. The van der Waals surface area contributed by atoms with Gasteiger partial charge in [0.25, 0.3) is 0 Å². The lowest BCUT2D eigenvalue weighted by Gasteiger charge is -2.47. The molecule has 0 radical (unpaired) electrons. The Hall–Kier alpha value is -0.520.